The average Bonchev–Trinajstić information content (AvgIpc) is 2.70. The van der Waals surface area contributed by atoms with Crippen molar-refractivity contribution in [2.75, 3.05) is 26.2 Å². The summed E-state index contributed by atoms with van der Waals surface area (Å²) in [7, 11) is 0. The van der Waals surface area contributed by atoms with Crippen molar-refractivity contribution >= 4 is 18.0 Å². The summed E-state index contributed by atoms with van der Waals surface area (Å²) in [4.78, 5) is 34.9. The van der Waals surface area contributed by atoms with Gasteiger partial charge in [0.25, 0.3) is 0 Å². The number of carboxylic acids is 2. The van der Waals surface area contributed by atoms with Crippen molar-refractivity contribution in [3.05, 3.63) is 35.9 Å². The molecule has 2 amide bonds. The zero-order valence-electron chi connectivity index (χ0n) is 16.0. The third-order valence-corrected chi connectivity index (χ3v) is 5.02. The topological polar surface area (TPSA) is 110 Å². The summed E-state index contributed by atoms with van der Waals surface area (Å²) in [6, 6.07) is 11.1. The monoisotopic (exact) mass is 391 g/mol. The van der Waals surface area contributed by atoms with Crippen molar-refractivity contribution in [2.45, 2.75) is 44.7 Å². The number of piperazine rings is 1. The van der Waals surface area contributed by atoms with E-state index in [2.05, 4.69) is 40.5 Å². The second-order valence-corrected chi connectivity index (χ2v) is 7.14. The first-order valence-corrected chi connectivity index (χ1v) is 9.73. The Morgan fingerprint density at radius 3 is 2.00 bits per heavy atom. The van der Waals surface area contributed by atoms with E-state index in [-0.39, 0.29) is 6.03 Å². The normalized spacial score (nSPS) is 17.9. The fourth-order valence-electron chi connectivity index (χ4n) is 3.46. The van der Waals surface area contributed by atoms with Crippen LogP contribution in [0.5, 0.6) is 0 Å². The fraction of sp³-hybridized carbons (Fsp3) is 0.550. The van der Waals surface area contributed by atoms with E-state index < -0.39 is 11.9 Å². The van der Waals surface area contributed by atoms with Gasteiger partial charge in [-0.05, 0) is 18.4 Å². The van der Waals surface area contributed by atoms with Crippen molar-refractivity contribution in [3.8, 4) is 0 Å². The largest absolute Gasteiger partial charge is 0.473 e. The molecule has 0 aromatic heterocycles. The van der Waals surface area contributed by atoms with Crippen molar-refractivity contribution in [1.82, 2.24) is 15.1 Å². The molecule has 3 N–H and O–H groups in total. The van der Waals surface area contributed by atoms with E-state index in [1.807, 2.05) is 4.90 Å². The molecule has 28 heavy (non-hydrogen) atoms. The van der Waals surface area contributed by atoms with Crippen LogP contribution in [-0.2, 0) is 16.1 Å². The summed E-state index contributed by atoms with van der Waals surface area (Å²) in [5.41, 5.74) is 1.35. The SMILES string of the molecule is O=C(NC1CCCCC1)N1CCN(Cc2ccccc2)CC1.O=C(O)C(=O)O. The summed E-state index contributed by atoms with van der Waals surface area (Å²) in [5.74, 6) is -3.65. The molecule has 1 saturated heterocycles. The summed E-state index contributed by atoms with van der Waals surface area (Å²) in [5, 5.41) is 18.0. The summed E-state index contributed by atoms with van der Waals surface area (Å²) >= 11 is 0. The minimum atomic E-state index is -1.82. The van der Waals surface area contributed by atoms with Gasteiger partial charge in [0.05, 0.1) is 0 Å². The predicted molar refractivity (Wildman–Crippen MR) is 104 cm³/mol. The molecule has 154 valence electrons. The van der Waals surface area contributed by atoms with Crippen molar-refractivity contribution in [1.29, 1.82) is 0 Å². The average molecular weight is 391 g/mol. The highest BCUT2D eigenvalue weighted by molar-refractivity contribution is 6.27. The molecular formula is C20H29N3O5. The van der Waals surface area contributed by atoms with Gasteiger partial charge in [-0.2, -0.15) is 0 Å². The van der Waals surface area contributed by atoms with Crippen molar-refractivity contribution in [3.63, 3.8) is 0 Å². The van der Waals surface area contributed by atoms with Crippen LogP contribution in [0.15, 0.2) is 30.3 Å². The van der Waals surface area contributed by atoms with Crippen LogP contribution in [0.25, 0.3) is 0 Å². The number of benzene rings is 1. The quantitative estimate of drug-likeness (QED) is 0.680. The van der Waals surface area contributed by atoms with E-state index in [0.717, 1.165) is 45.6 Å². The molecule has 0 unspecified atom stereocenters. The lowest BCUT2D eigenvalue weighted by molar-refractivity contribution is -0.159. The zero-order valence-corrected chi connectivity index (χ0v) is 16.0. The molecule has 1 aliphatic heterocycles. The van der Waals surface area contributed by atoms with E-state index >= 15 is 0 Å². The summed E-state index contributed by atoms with van der Waals surface area (Å²) in [6.07, 6.45) is 6.15. The Bertz CT molecular complexity index is 627. The van der Waals surface area contributed by atoms with Gasteiger partial charge in [0.1, 0.15) is 0 Å². The highest BCUT2D eigenvalue weighted by atomic mass is 16.4. The number of carboxylic acid groups (broad SMARTS) is 2. The molecule has 8 nitrogen and oxygen atoms in total. The van der Waals surface area contributed by atoms with E-state index in [0.29, 0.717) is 6.04 Å². The third-order valence-electron chi connectivity index (χ3n) is 5.02. The number of carbonyl (C=O) groups excluding carboxylic acids is 1. The van der Waals surface area contributed by atoms with Crippen LogP contribution in [0.1, 0.15) is 37.7 Å². The fourth-order valence-corrected chi connectivity index (χ4v) is 3.46. The van der Waals surface area contributed by atoms with Gasteiger partial charge < -0.3 is 20.4 Å². The smallest absolute Gasteiger partial charge is 0.414 e. The number of hydrogen-bond donors (Lipinski definition) is 3. The highest BCUT2D eigenvalue weighted by Crippen LogP contribution is 2.18. The molecule has 2 aliphatic rings. The number of urea groups is 1. The highest BCUT2D eigenvalue weighted by Gasteiger charge is 2.23. The second kappa shape index (κ2) is 11.3. The lowest BCUT2D eigenvalue weighted by atomic mass is 9.96. The first-order valence-electron chi connectivity index (χ1n) is 9.73. The number of rotatable bonds is 3. The molecule has 0 bridgehead atoms. The van der Waals surface area contributed by atoms with Crippen LogP contribution in [0.2, 0.25) is 0 Å². The first-order chi connectivity index (χ1) is 13.5. The number of hydrogen-bond acceptors (Lipinski definition) is 4. The van der Waals surface area contributed by atoms with Gasteiger partial charge in [-0.25, -0.2) is 14.4 Å². The first kappa shape index (κ1) is 21.7. The number of amides is 2. The van der Waals surface area contributed by atoms with E-state index in [9.17, 15) is 4.79 Å². The molecule has 0 atom stereocenters. The molecule has 1 saturated carbocycles. The zero-order chi connectivity index (χ0) is 20.4. The molecule has 3 rings (SSSR count). The van der Waals surface area contributed by atoms with Crippen LogP contribution in [0.3, 0.4) is 0 Å². The van der Waals surface area contributed by atoms with Gasteiger partial charge in [-0.1, -0.05) is 49.6 Å². The van der Waals surface area contributed by atoms with Gasteiger partial charge in [-0.15, -0.1) is 0 Å². The Morgan fingerprint density at radius 1 is 0.893 bits per heavy atom. The lowest BCUT2D eigenvalue weighted by Crippen LogP contribution is -2.53. The van der Waals surface area contributed by atoms with Crippen molar-refractivity contribution < 1.29 is 24.6 Å². The Hall–Kier alpha value is -2.61. The van der Waals surface area contributed by atoms with E-state index in [1.54, 1.807) is 0 Å². The Labute approximate surface area is 165 Å². The van der Waals surface area contributed by atoms with Gasteiger partial charge in [0.15, 0.2) is 0 Å². The van der Waals surface area contributed by atoms with Gasteiger partial charge in [0, 0.05) is 38.8 Å². The summed E-state index contributed by atoms with van der Waals surface area (Å²) < 4.78 is 0. The molecule has 8 heteroatoms. The third kappa shape index (κ3) is 7.56. The molecule has 1 aromatic carbocycles. The van der Waals surface area contributed by atoms with E-state index in [1.165, 1.54) is 24.8 Å². The minimum absolute atomic E-state index is 0.145. The van der Waals surface area contributed by atoms with E-state index in [4.69, 9.17) is 19.8 Å². The van der Waals surface area contributed by atoms with Crippen LogP contribution in [0.4, 0.5) is 4.79 Å². The number of carbonyl (C=O) groups is 3. The number of aliphatic carboxylic acids is 2. The van der Waals surface area contributed by atoms with Gasteiger partial charge >= 0.3 is 18.0 Å². The Balaban J connectivity index is 0.000000409. The maximum atomic E-state index is 12.3. The number of nitrogens with zero attached hydrogens (tertiary/aromatic N) is 2. The Morgan fingerprint density at radius 2 is 1.46 bits per heavy atom. The predicted octanol–water partition coefficient (Wildman–Crippen LogP) is 2.00. The molecular weight excluding hydrogens is 362 g/mol. The van der Waals surface area contributed by atoms with Crippen LogP contribution >= 0.6 is 0 Å². The standard InChI is InChI=1S/C18H27N3O.C2H2O4/c22-18(19-17-9-5-2-6-10-17)21-13-11-20(12-14-21)15-16-7-3-1-4-8-16;3-1(4)2(5)6/h1,3-4,7-8,17H,2,5-6,9-15H2,(H,19,22);(H,3,4)(H,5,6). The molecule has 0 spiro atoms. The maximum absolute atomic E-state index is 12.3. The molecule has 1 aliphatic carbocycles. The second-order valence-electron chi connectivity index (χ2n) is 7.14. The number of nitrogens with one attached hydrogen (secondary N) is 1. The molecule has 1 heterocycles. The minimum Gasteiger partial charge on any atom is -0.473 e. The lowest BCUT2D eigenvalue weighted by Gasteiger charge is -2.36. The van der Waals surface area contributed by atoms with Gasteiger partial charge in [0.2, 0.25) is 0 Å². The maximum Gasteiger partial charge on any atom is 0.414 e. The Kier molecular flexibility index (Phi) is 8.74. The summed E-state index contributed by atoms with van der Waals surface area (Å²) in [6.45, 7) is 4.59. The van der Waals surface area contributed by atoms with Gasteiger partial charge in [-0.3, -0.25) is 4.90 Å². The molecule has 2 fully saturated rings. The molecule has 0 radical (unpaired) electrons. The van der Waals surface area contributed by atoms with Crippen LogP contribution in [-0.4, -0.2) is 70.2 Å². The molecule has 1 aromatic rings. The van der Waals surface area contributed by atoms with Crippen molar-refractivity contribution in [2.24, 2.45) is 0 Å². The van der Waals surface area contributed by atoms with Crippen LogP contribution < -0.4 is 5.32 Å². The van der Waals surface area contributed by atoms with Crippen LogP contribution in [0, 0.1) is 0 Å².